The van der Waals surface area contributed by atoms with Crippen molar-refractivity contribution < 1.29 is 14.1 Å². The molecular formula is C23H30N4O3. The third kappa shape index (κ3) is 4.12. The number of piperidine rings is 1. The summed E-state index contributed by atoms with van der Waals surface area (Å²) >= 11 is 0. The van der Waals surface area contributed by atoms with Gasteiger partial charge in [-0.25, -0.2) is 0 Å². The Hall–Kier alpha value is -2.67. The fourth-order valence-electron chi connectivity index (χ4n) is 4.92. The number of carbonyl (C=O) groups excluding carboxylic acids is 2. The van der Waals surface area contributed by atoms with Crippen LogP contribution < -0.4 is 5.32 Å². The van der Waals surface area contributed by atoms with Gasteiger partial charge in [-0.1, -0.05) is 23.4 Å². The first-order valence-electron chi connectivity index (χ1n) is 10.6. The molecule has 0 radical (unpaired) electrons. The van der Waals surface area contributed by atoms with Crippen molar-refractivity contribution in [3.05, 3.63) is 47.3 Å². The zero-order valence-electron chi connectivity index (χ0n) is 18.0. The maximum absolute atomic E-state index is 12.8. The highest BCUT2D eigenvalue weighted by atomic mass is 16.5. The summed E-state index contributed by atoms with van der Waals surface area (Å²) in [6.07, 6.45) is 3.05. The monoisotopic (exact) mass is 410 g/mol. The third-order valence-corrected chi connectivity index (χ3v) is 6.77. The van der Waals surface area contributed by atoms with Crippen LogP contribution in [0.4, 0.5) is 5.69 Å². The molecule has 30 heavy (non-hydrogen) atoms. The van der Waals surface area contributed by atoms with Crippen LogP contribution in [0.25, 0.3) is 0 Å². The Balaban J connectivity index is 1.34. The van der Waals surface area contributed by atoms with E-state index in [1.807, 2.05) is 56.1 Å². The van der Waals surface area contributed by atoms with Crippen molar-refractivity contribution in [1.82, 2.24) is 15.0 Å². The van der Waals surface area contributed by atoms with E-state index in [0.717, 1.165) is 61.6 Å². The van der Waals surface area contributed by atoms with Gasteiger partial charge in [0.15, 0.2) is 0 Å². The smallest absolute Gasteiger partial charge is 0.241 e. The molecule has 3 heterocycles. The van der Waals surface area contributed by atoms with Gasteiger partial charge in [0.2, 0.25) is 11.8 Å². The first-order chi connectivity index (χ1) is 14.4. The van der Waals surface area contributed by atoms with Gasteiger partial charge in [0, 0.05) is 30.9 Å². The largest absolute Gasteiger partial charge is 0.361 e. The molecule has 2 aliphatic rings. The summed E-state index contributed by atoms with van der Waals surface area (Å²) in [5.41, 5.74) is 2.63. The molecule has 0 bridgehead atoms. The topological polar surface area (TPSA) is 78.7 Å². The number of hydrogen-bond donors (Lipinski definition) is 1. The number of nitrogens with zero attached hydrogens (tertiary/aromatic N) is 3. The van der Waals surface area contributed by atoms with Crippen molar-refractivity contribution in [2.45, 2.75) is 45.6 Å². The van der Waals surface area contributed by atoms with E-state index in [9.17, 15) is 9.59 Å². The zero-order valence-corrected chi connectivity index (χ0v) is 18.0. The van der Waals surface area contributed by atoms with E-state index in [0.29, 0.717) is 6.42 Å². The molecule has 4 rings (SSSR count). The predicted octanol–water partition coefficient (Wildman–Crippen LogP) is 2.79. The highest BCUT2D eigenvalue weighted by molar-refractivity contribution is 5.95. The molecule has 2 saturated heterocycles. The summed E-state index contributed by atoms with van der Waals surface area (Å²) in [5.74, 6) is 0.903. The Morgan fingerprint density at radius 1 is 1.20 bits per heavy atom. The van der Waals surface area contributed by atoms with E-state index >= 15 is 0 Å². The maximum Gasteiger partial charge on any atom is 0.241 e. The van der Waals surface area contributed by atoms with E-state index in [2.05, 4.69) is 15.4 Å². The van der Waals surface area contributed by atoms with E-state index < -0.39 is 0 Å². The molecule has 1 unspecified atom stereocenters. The van der Waals surface area contributed by atoms with Crippen LogP contribution in [0.1, 0.15) is 36.3 Å². The first-order valence-corrected chi connectivity index (χ1v) is 10.6. The lowest BCUT2D eigenvalue weighted by molar-refractivity contribution is -0.132. The Bertz CT molecular complexity index is 896. The van der Waals surface area contributed by atoms with Crippen LogP contribution in [0, 0.1) is 19.3 Å². The van der Waals surface area contributed by atoms with Gasteiger partial charge in [-0.2, -0.15) is 0 Å². The molecule has 1 spiro atoms. The molecule has 2 aromatic rings. The molecule has 2 aliphatic heterocycles. The lowest BCUT2D eigenvalue weighted by atomic mass is 9.76. The fraction of sp³-hybridized carbons (Fsp3) is 0.522. The third-order valence-electron chi connectivity index (χ3n) is 6.77. The Morgan fingerprint density at radius 3 is 2.53 bits per heavy atom. The molecule has 1 N–H and O–H groups in total. The molecule has 1 aromatic carbocycles. The summed E-state index contributed by atoms with van der Waals surface area (Å²) in [7, 11) is 2.03. The van der Waals surface area contributed by atoms with Crippen LogP contribution >= 0.6 is 0 Å². The number of rotatable bonds is 4. The number of amides is 2. The number of nitrogens with one attached hydrogen (secondary N) is 1. The van der Waals surface area contributed by atoms with Crippen LogP contribution in [0.3, 0.4) is 0 Å². The SMILES string of the molecule is Cc1noc(C)c1CC(=O)N1CCC2(CC1)CC(C(=O)Nc1ccccc1)N(C)C2. The second-order valence-corrected chi connectivity index (χ2v) is 8.85. The number of anilines is 1. The van der Waals surface area contributed by atoms with Gasteiger partial charge < -0.3 is 14.7 Å². The van der Waals surface area contributed by atoms with Crippen molar-refractivity contribution in [2.24, 2.45) is 5.41 Å². The minimum absolute atomic E-state index is 0.0532. The second kappa shape index (κ2) is 8.22. The molecule has 2 amide bonds. The lowest BCUT2D eigenvalue weighted by Gasteiger charge is -2.39. The lowest BCUT2D eigenvalue weighted by Crippen LogP contribution is -2.44. The normalized spacial score (nSPS) is 21.2. The minimum Gasteiger partial charge on any atom is -0.361 e. The highest BCUT2D eigenvalue weighted by Gasteiger charge is 2.47. The average Bonchev–Trinajstić information content (AvgIpc) is 3.22. The molecule has 7 heteroatoms. The van der Waals surface area contributed by atoms with E-state index in [4.69, 9.17) is 4.52 Å². The average molecular weight is 411 g/mol. The summed E-state index contributed by atoms with van der Waals surface area (Å²) in [4.78, 5) is 29.7. The van der Waals surface area contributed by atoms with Gasteiger partial charge >= 0.3 is 0 Å². The summed E-state index contributed by atoms with van der Waals surface area (Å²) in [5, 5.41) is 6.98. The van der Waals surface area contributed by atoms with E-state index in [1.165, 1.54) is 0 Å². The quantitative estimate of drug-likeness (QED) is 0.839. The van der Waals surface area contributed by atoms with Gasteiger partial charge in [0.05, 0.1) is 18.2 Å². The van der Waals surface area contributed by atoms with Crippen molar-refractivity contribution >= 4 is 17.5 Å². The Morgan fingerprint density at radius 2 is 1.90 bits per heavy atom. The maximum atomic E-state index is 12.8. The van der Waals surface area contributed by atoms with Crippen LogP contribution in [-0.4, -0.2) is 59.5 Å². The standard InChI is InChI=1S/C23H30N4O3/c1-16-19(17(2)30-25-16)13-21(28)27-11-9-23(10-12-27)14-20(26(3)15-23)22(29)24-18-7-5-4-6-8-18/h4-8,20H,9-15H2,1-3H3,(H,24,29). The number of likely N-dealkylation sites (N-methyl/N-ethyl adjacent to an activating group) is 1. The van der Waals surface area contributed by atoms with Gasteiger partial charge in [-0.05, 0) is 57.7 Å². The molecule has 1 atom stereocenters. The molecule has 160 valence electrons. The number of likely N-dealkylation sites (tertiary alicyclic amines) is 2. The molecule has 0 saturated carbocycles. The molecule has 7 nitrogen and oxygen atoms in total. The van der Waals surface area contributed by atoms with Gasteiger partial charge in [-0.15, -0.1) is 0 Å². The van der Waals surface area contributed by atoms with Crippen molar-refractivity contribution in [3.63, 3.8) is 0 Å². The minimum atomic E-state index is -0.130. The number of hydrogen-bond acceptors (Lipinski definition) is 5. The zero-order chi connectivity index (χ0) is 21.3. The number of aromatic nitrogens is 1. The number of carbonyl (C=O) groups is 2. The molecule has 0 aliphatic carbocycles. The first kappa shape index (κ1) is 20.6. The van der Waals surface area contributed by atoms with Crippen LogP contribution in [-0.2, 0) is 16.0 Å². The highest BCUT2D eigenvalue weighted by Crippen LogP contribution is 2.43. The van der Waals surface area contributed by atoms with Crippen molar-refractivity contribution in [3.8, 4) is 0 Å². The number of aryl methyl sites for hydroxylation is 2. The summed E-state index contributed by atoms with van der Waals surface area (Å²) < 4.78 is 5.18. The van der Waals surface area contributed by atoms with Crippen molar-refractivity contribution in [1.29, 1.82) is 0 Å². The van der Waals surface area contributed by atoms with Crippen LogP contribution in [0.2, 0.25) is 0 Å². The van der Waals surface area contributed by atoms with Crippen LogP contribution in [0.15, 0.2) is 34.9 Å². The van der Waals surface area contributed by atoms with Gasteiger partial charge in [-0.3, -0.25) is 14.5 Å². The summed E-state index contributed by atoms with van der Waals surface area (Å²) in [6, 6.07) is 9.47. The molecule has 1 aromatic heterocycles. The van der Waals surface area contributed by atoms with Gasteiger partial charge in [0.25, 0.3) is 0 Å². The van der Waals surface area contributed by atoms with E-state index in [-0.39, 0.29) is 23.3 Å². The molecular weight excluding hydrogens is 380 g/mol. The van der Waals surface area contributed by atoms with Gasteiger partial charge in [0.1, 0.15) is 5.76 Å². The Labute approximate surface area is 177 Å². The Kier molecular flexibility index (Phi) is 5.64. The fourth-order valence-corrected chi connectivity index (χ4v) is 4.92. The van der Waals surface area contributed by atoms with Crippen LogP contribution in [0.5, 0.6) is 0 Å². The summed E-state index contributed by atoms with van der Waals surface area (Å²) in [6.45, 7) is 6.10. The predicted molar refractivity (Wildman–Crippen MR) is 114 cm³/mol. The number of benzene rings is 1. The second-order valence-electron chi connectivity index (χ2n) is 8.85. The number of para-hydroxylation sites is 1. The molecule has 2 fully saturated rings. The van der Waals surface area contributed by atoms with E-state index in [1.54, 1.807) is 0 Å². The van der Waals surface area contributed by atoms with Crippen molar-refractivity contribution in [2.75, 3.05) is 32.0 Å².